The third-order valence-electron chi connectivity index (χ3n) is 7.66. The lowest BCUT2D eigenvalue weighted by Gasteiger charge is -2.19. The van der Waals surface area contributed by atoms with Crippen molar-refractivity contribution in [2.45, 2.75) is 174 Å². The van der Waals surface area contributed by atoms with Crippen LogP contribution in [0.3, 0.4) is 0 Å². The predicted octanol–water partition coefficient (Wildman–Crippen LogP) is 7.30. The van der Waals surface area contributed by atoms with Crippen molar-refractivity contribution < 1.29 is 14.6 Å². The summed E-state index contributed by atoms with van der Waals surface area (Å²) in [6.45, 7) is 5.32. The number of amides is 2. The fourth-order valence-electron chi connectivity index (χ4n) is 5.08. The number of hydrogen-bond donors (Lipinski definition) is 5. The summed E-state index contributed by atoms with van der Waals surface area (Å²) in [4.78, 5) is 35.8. The van der Waals surface area contributed by atoms with E-state index in [1.54, 1.807) is 5.43 Å². The lowest BCUT2D eigenvalue weighted by molar-refractivity contribution is -0.525. The minimum absolute atomic E-state index is 0.111. The fourth-order valence-corrected chi connectivity index (χ4v) is 5.08. The lowest BCUT2D eigenvalue weighted by atomic mass is 10.0. The van der Waals surface area contributed by atoms with E-state index in [9.17, 15) is 19.7 Å². The summed E-state index contributed by atoms with van der Waals surface area (Å²) in [5, 5.41) is 25.6. The number of nitro groups is 1. The van der Waals surface area contributed by atoms with E-state index >= 15 is 0 Å². The van der Waals surface area contributed by atoms with Crippen LogP contribution in [0.1, 0.15) is 168 Å². The molecule has 5 N–H and O–H groups in total. The van der Waals surface area contributed by atoms with Crippen LogP contribution in [-0.2, 0) is 9.59 Å². The third-order valence-corrected chi connectivity index (χ3v) is 7.66. The lowest BCUT2D eigenvalue weighted by Crippen LogP contribution is -2.47. The average molecular weight is 597 g/mol. The van der Waals surface area contributed by atoms with Crippen molar-refractivity contribution in [1.82, 2.24) is 21.4 Å². The van der Waals surface area contributed by atoms with Gasteiger partial charge in [0.25, 0.3) is 5.96 Å². The highest BCUT2D eigenvalue weighted by Crippen LogP contribution is 2.14. The number of unbranched alkanes of at least 4 members (excludes halogenated alkanes) is 19. The van der Waals surface area contributed by atoms with Gasteiger partial charge in [0.2, 0.25) is 11.8 Å². The number of hydrogen-bond acceptors (Lipinski definition) is 5. The number of rotatable bonds is 30. The van der Waals surface area contributed by atoms with Crippen LogP contribution in [0.15, 0.2) is 0 Å². The summed E-state index contributed by atoms with van der Waals surface area (Å²) in [5.41, 5.74) is 1.75. The van der Waals surface area contributed by atoms with Crippen LogP contribution in [0, 0.1) is 15.5 Å². The third kappa shape index (κ3) is 27.8. The summed E-state index contributed by atoms with van der Waals surface area (Å²) >= 11 is 0. The summed E-state index contributed by atoms with van der Waals surface area (Å²) < 4.78 is 0. The first kappa shape index (κ1) is 39.6. The molecule has 1 unspecified atom stereocenters. The fraction of sp³-hybridized carbons (Fsp3) is 0.906. The Morgan fingerprint density at radius 3 is 1.55 bits per heavy atom. The van der Waals surface area contributed by atoms with E-state index < -0.39 is 17.0 Å². The largest absolute Gasteiger partial charge is 0.354 e. The van der Waals surface area contributed by atoms with Crippen molar-refractivity contribution in [2.24, 2.45) is 0 Å². The molecule has 1 atom stereocenters. The first-order valence-electron chi connectivity index (χ1n) is 17.2. The van der Waals surface area contributed by atoms with Gasteiger partial charge < -0.3 is 16.0 Å². The van der Waals surface area contributed by atoms with Crippen molar-refractivity contribution in [3.8, 4) is 0 Å². The van der Waals surface area contributed by atoms with Gasteiger partial charge in [0.05, 0.1) is 0 Å². The van der Waals surface area contributed by atoms with Crippen LogP contribution >= 0.6 is 0 Å². The minimum Gasteiger partial charge on any atom is -0.354 e. The van der Waals surface area contributed by atoms with E-state index in [0.29, 0.717) is 25.8 Å². The molecule has 0 aromatic rings. The van der Waals surface area contributed by atoms with Gasteiger partial charge in [0.15, 0.2) is 5.03 Å². The molecule has 0 spiro atoms. The van der Waals surface area contributed by atoms with Gasteiger partial charge in [-0.05, 0) is 25.7 Å². The predicted molar refractivity (Wildman–Crippen MR) is 173 cm³/mol. The number of nitrogens with one attached hydrogen (secondary N) is 5. The zero-order chi connectivity index (χ0) is 31.1. The molecule has 2 amide bonds. The van der Waals surface area contributed by atoms with E-state index in [1.165, 1.54) is 103 Å². The maximum Gasteiger partial charge on any atom is 0.251 e. The smallest absolute Gasteiger partial charge is 0.251 e. The molecule has 10 nitrogen and oxygen atoms in total. The Morgan fingerprint density at radius 2 is 1.07 bits per heavy atom. The number of guanidine groups is 1. The molecule has 42 heavy (non-hydrogen) atoms. The number of hydrazine groups is 1. The number of carbonyl (C=O) groups is 2. The highest BCUT2D eigenvalue weighted by atomic mass is 16.7. The number of carbonyl (C=O) groups excluding carboxylic acids is 2. The van der Waals surface area contributed by atoms with Gasteiger partial charge in [-0.2, -0.15) is 0 Å². The SMILES string of the molecule is CCCCCCCCCCCCCCCCCC(=O)NC(CCCNC(=N)N[N+](=O)[O-])C(=O)NCCCCCCCC. The zero-order valence-corrected chi connectivity index (χ0v) is 27.0. The van der Waals surface area contributed by atoms with Crippen LogP contribution in [0.4, 0.5) is 0 Å². The molecule has 0 radical (unpaired) electrons. The van der Waals surface area contributed by atoms with Crippen LogP contribution < -0.4 is 21.4 Å². The van der Waals surface area contributed by atoms with Gasteiger partial charge in [-0.1, -0.05) is 141 Å². The Labute approximate surface area is 256 Å². The average Bonchev–Trinajstić information content (AvgIpc) is 2.95. The normalized spacial score (nSPS) is 11.6. The van der Waals surface area contributed by atoms with Crippen molar-refractivity contribution in [3.63, 3.8) is 0 Å². The monoisotopic (exact) mass is 596 g/mol. The molecule has 0 heterocycles. The van der Waals surface area contributed by atoms with E-state index in [-0.39, 0.29) is 18.4 Å². The van der Waals surface area contributed by atoms with Crippen molar-refractivity contribution in [2.75, 3.05) is 13.1 Å². The summed E-state index contributed by atoms with van der Waals surface area (Å²) in [7, 11) is 0. The highest BCUT2D eigenvalue weighted by Gasteiger charge is 2.20. The van der Waals surface area contributed by atoms with Crippen molar-refractivity contribution in [3.05, 3.63) is 10.1 Å². The Bertz CT molecular complexity index is 692. The Kier molecular flexibility index (Phi) is 28.4. The van der Waals surface area contributed by atoms with E-state index in [2.05, 4.69) is 29.8 Å². The molecule has 0 aromatic heterocycles. The molecule has 0 aromatic carbocycles. The Morgan fingerprint density at radius 1 is 0.643 bits per heavy atom. The molecule has 0 aliphatic heterocycles. The molecule has 0 saturated heterocycles. The first-order valence-corrected chi connectivity index (χ1v) is 17.2. The minimum atomic E-state index is -0.800. The maximum absolute atomic E-state index is 12.8. The molecule has 0 aliphatic rings. The Hall–Kier alpha value is -2.39. The van der Waals surface area contributed by atoms with Crippen LogP contribution in [0.25, 0.3) is 0 Å². The van der Waals surface area contributed by atoms with Gasteiger partial charge >= 0.3 is 0 Å². The van der Waals surface area contributed by atoms with Crippen molar-refractivity contribution >= 4 is 17.8 Å². The molecular weight excluding hydrogens is 532 g/mol. The first-order chi connectivity index (χ1) is 20.4. The molecule has 0 rings (SSSR count). The summed E-state index contributed by atoms with van der Waals surface area (Å²) in [5.74, 6) is -0.701. The van der Waals surface area contributed by atoms with Gasteiger partial charge in [-0.3, -0.25) is 15.0 Å². The standard InChI is InChI=1S/C32H64N6O4/c1-3-5-7-9-11-12-13-14-15-16-17-18-19-20-22-26-30(39)36-29(25-24-28-35-32(33)37-38(41)42)31(40)34-27-23-21-10-8-6-4-2/h29H,3-28H2,1-2H3,(H,34,40)(H,36,39)(H3,33,35,37). The van der Waals surface area contributed by atoms with Crippen molar-refractivity contribution in [1.29, 1.82) is 5.41 Å². The second-order valence-electron chi connectivity index (χ2n) is 11.7. The van der Waals surface area contributed by atoms with Gasteiger partial charge in [-0.15, -0.1) is 0 Å². The van der Waals surface area contributed by atoms with E-state index in [1.807, 2.05) is 0 Å². The van der Waals surface area contributed by atoms with Crippen LogP contribution in [-0.4, -0.2) is 41.9 Å². The summed E-state index contributed by atoms with van der Waals surface area (Å²) in [6, 6.07) is -0.645. The molecule has 10 heteroatoms. The number of nitrogens with zero attached hydrogens (tertiary/aromatic N) is 1. The topological polar surface area (TPSA) is 149 Å². The van der Waals surface area contributed by atoms with E-state index in [0.717, 1.165) is 32.1 Å². The van der Waals surface area contributed by atoms with Gasteiger partial charge in [-0.25, -0.2) is 10.1 Å². The van der Waals surface area contributed by atoms with Crippen LogP contribution in [0.2, 0.25) is 0 Å². The highest BCUT2D eigenvalue weighted by molar-refractivity contribution is 5.87. The molecule has 0 bridgehead atoms. The van der Waals surface area contributed by atoms with Gasteiger partial charge in [0, 0.05) is 19.5 Å². The molecule has 0 saturated carbocycles. The molecule has 246 valence electrons. The second-order valence-corrected chi connectivity index (χ2v) is 11.7. The molecule has 0 fully saturated rings. The van der Waals surface area contributed by atoms with Gasteiger partial charge in [0.1, 0.15) is 6.04 Å². The Balaban J connectivity index is 4.14. The van der Waals surface area contributed by atoms with Crippen LogP contribution in [0.5, 0.6) is 0 Å². The van der Waals surface area contributed by atoms with E-state index in [4.69, 9.17) is 5.41 Å². The molecule has 0 aliphatic carbocycles. The zero-order valence-electron chi connectivity index (χ0n) is 27.0. The summed E-state index contributed by atoms with van der Waals surface area (Å²) in [6.07, 6.45) is 27.2. The second kappa shape index (κ2) is 30.1. The maximum atomic E-state index is 12.8. The quantitative estimate of drug-likeness (QED) is 0.0193. The molecular formula is C32H64N6O4.